The Labute approximate surface area is 158 Å². The van der Waals surface area contributed by atoms with Gasteiger partial charge in [-0.05, 0) is 60.1 Å². The summed E-state index contributed by atoms with van der Waals surface area (Å²) in [5, 5.41) is 0.953. The van der Waals surface area contributed by atoms with Crippen molar-refractivity contribution in [3.8, 4) is 11.1 Å². The number of rotatable bonds is 3. The summed E-state index contributed by atoms with van der Waals surface area (Å²) in [6, 6.07) is 11.9. The molecule has 1 saturated heterocycles. The second-order valence-corrected chi connectivity index (χ2v) is 9.60. The van der Waals surface area contributed by atoms with Crippen LogP contribution < -0.4 is 5.73 Å². The van der Waals surface area contributed by atoms with Gasteiger partial charge in [-0.15, -0.1) is 0 Å². The van der Waals surface area contributed by atoms with Crippen molar-refractivity contribution in [3.63, 3.8) is 0 Å². The monoisotopic (exact) mass is 382 g/mol. The van der Waals surface area contributed by atoms with Crippen molar-refractivity contribution in [1.29, 1.82) is 0 Å². The Balaban J connectivity index is 1.88. The molecule has 0 atom stereocenters. The highest BCUT2D eigenvalue weighted by atomic mass is 32.2. The van der Waals surface area contributed by atoms with Crippen LogP contribution in [0.4, 0.5) is 0 Å². The average Bonchev–Trinajstić information content (AvgIpc) is 3.05. The van der Waals surface area contributed by atoms with Gasteiger partial charge in [-0.3, -0.25) is 4.79 Å². The van der Waals surface area contributed by atoms with Crippen molar-refractivity contribution >= 4 is 26.6 Å². The van der Waals surface area contributed by atoms with Crippen molar-refractivity contribution in [2.45, 2.75) is 25.7 Å². The second-order valence-electron chi connectivity index (χ2n) is 7.30. The Kier molecular flexibility index (Phi) is 4.30. The number of H-pyrrole nitrogens is 1. The number of carbonyl (C=O) groups excluding carboxylic acids is 1. The number of amides is 1. The third-order valence-corrected chi connectivity index (χ3v) is 7.25. The Morgan fingerprint density at radius 3 is 2.52 bits per heavy atom. The molecule has 1 aliphatic rings. The third kappa shape index (κ3) is 3.25. The highest BCUT2D eigenvalue weighted by Crippen LogP contribution is 2.37. The van der Waals surface area contributed by atoms with Gasteiger partial charge in [0.25, 0.3) is 5.91 Å². The number of nitrogens with two attached hydrogens (primary N) is 1. The van der Waals surface area contributed by atoms with Crippen molar-refractivity contribution in [3.05, 3.63) is 59.3 Å². The molecule has 2 heterocycles. The number of benzene rings is 2. The van der Waals surface area contributed by atoms with Gasteiger partial charge in [-0.25, -0.2) is 8.42 Å². The van der Waals surface area contributed by atoms with Crippen molar-refractivity contribution in [2.24, 2.45) is 5.73 Å². The highest BCUT2D eigenvalue weighted by molar-refractivity contribution is 7.91. The lowest BCUT2D eigenvalue weighted by Gasteiger charge is -2.21. The summed E-state index contributed by atoms with van der Waals surface area (Å²) >= 11 is 0. The van der Waals surface area contributed by atoms with Crippen LogP contribution >= 0.6 is 0 Å². The molecule has 1 aromatic heterocycles. The van der Waals surface area contributed by atoms with Crippen LogP contribution in [0.5, 0.6) is 0 Å². The van der Waals surface area contributed by atoms with Gasteiger partial charge in [0.1, 0.15) is 9.84 Å². The lowest BCUT2D eigenvalue weighted by atomic mass is 9.90. The first-order valence-corrected chi connectivity index (χ1v) is 10.9. The van der Waals surface area contributed by atoms with Crippen molar-refractivity contribution in [1.82, 2.24) is 4.98 Å². The molecule has 1 fully saturated rings. The minimum Gasteiger partial charge on any atom is -0.366 e. The zero-order valence-electron chi connectivity index (χ0n) is 15.2. The van der Waals surface area contributed by atoms with Gasteiger partial charge in [0.05, 0.1) is 22.6 Å². The van der Waals surface area contributed by atoms with Gasteiger partial charge >= 0.3 is 0 Å². The van der Waals surface area contributed by atoms with E-state index >= 15 is 0 Å². The van der Waals surface area contributed by atoms with Gasteiger partial charge in [-0.1, -0.05) is 24.3 Å². The number of carbonyl (C=O) groups is 1. The molecule has 140 valence electrons. The van der Waals surface area contributed by atoms with Crippen LogP contribution in [0.2, 0.25) is 0 Å². The molecule has 5 nitrogen and oxygen atoms in total. The SMILES string of the molecule is Cc1ccccc1-c1cc(C(N)=O)c2[nH]cc(C3CCS(=O)(=O)CC3)c2c1. The number of aryl methyl sites for hydroxylation is 1. The largest absolute Gasteiger partial charge is 0.366 e. The number of fused-ring (bicyclic) bond motifs is 1. The number of aromatic nitrogens is 1. The minimum absolute atomic E-state index is 0.162. The summed E-state index contributed by atoms with van der Waals surface area (Å²) < 4.78 is 23.6. The molecule has 0 aliphatic carbocycles. The van der Waals surface area contributed by atoms with Gasteiger partial charge in [0.2, 0.25) is 0 Å². The Morgan fingerprint density at radius 2 is 1.85 bits per heavy atom. The van der Waals surface area contributed by atoms with E-state index in [-0.39, 0.29) is 17.4 Å². The topological polar surface area (TPSA) is 93.0 Å². The van der Waals surface area contributed by atoms with Crippen LogP contribution in [0.1, 0.15) is 40.2 Å². The smallest absolute Gasteiger partial charge is 0.250 e. The van der Waals surface area contributed by atoms with Crippen molar-refractivity contribution in [2.75, 3.05) is 11.5 Å². The van der Waals surface area contributed by atoms with Crippen LogP contribution in [0.3, 0.4) is 0 Å². The van der Waals surface area contributed by atoms with Gasteiger partial charge in [0.15, 0.2) is 0 Å². The molecule has 3 aromatic rings. The number of hydrogen-bond acceptors (Lipinski definition) is 3. The molecule has 2 aromatic carbocycles. The molecular weight excluding hydrogens is 360 g/mol. The number of aromatic amines is 1. The quantitative estimate of drug-likeness (QED) is 0.726. The van der Waals surface area contributed by atoms with E-state index in [4.69, 9.17) is 5.73 Å². The number of sulfone groups is 1. The first-order chi connectivity index (χ1) is 12.9. The first kappa shape index (κ1) is 17.8. The van der Waals surface area contributed by atoms with Gasteiger partial charge in [0, 0.05) is 11.6 Å². The maximum absolute atomic E-state index is 12.1. The van der Waals surface area contributed by atoms with E-state index in [1.165, 1.54) is 0 Å². The van der Waals surface area contributed by atoms with E-state index in [0.717, 1.165) is 33.2 Å². The summed E-state index contributed by atoms with van der Waals surface area (Å²) in [5.41, 5.74) is 11.0. The van der Waals surface area contributed by atoms with Crippen LogP contribution in [0.25, 0.3) is 22.0 Å². The van der Waals surface area contributed by atoms with E-state index in [1.807, 2.05) is 43.5 Å². The van der Waals surface area contributed by atoms with E-state index in [2.05, 4.69) is 11.1 Å². The average molecular weight is 382 g/mol. The molecule has 0 radical (unpaired) electrons. The fraction of sp³-hybridized carbons (Fsp3) is 0.286. The second kappa shape index (κ2) is 6.53. The Hall–Kier alpha value is -2.60. The van der Waals surface area contributed by atoms with Crippen LogP contribution in [0.15, 0.2) is 42.6 Å². The zero-order chi connectivity index (χ0) is 19.2. The van der Waals surface area contributed by atoms with E-state index in [0.29, 0.717) is 18.4 Å². The molecule has 0 spiro atoms. The van der Waals surface area contributed by atoms with Gasteiger partial charge in [-0.2, -0.15) is 0 Å². The molecular formula is C21H22N2O3S. The van der Waals surface area contributed by atoms with Gasteiger partial charge < -0.3 is 10.7 Å². The fourth-order valence-electron chi connectivity index (χ4n) is 4.04. The van der Waals surface area contributed by atoms with Crippen LogP contribution in [-0.2, 0) is 9.84 Å². The molecule has 0 saturated carbocycles. The minimum atomic E-state index is -2.92. The summed E-state index contributed by atoms with van der Waals surface area (Å²) in [7, 11) is -2.92. The van der Waals surface area contributed by atoms with Crippen molar-refractivity contribution < 1.29 is 13.2 Å². The Bertz CT molecular complexity index is 1130. The number of nitrogens with one attached hydrogen (secondary N) is 1. The molecule has 0 bridgehead atoms. The molecule has 3 N–H and O–H groups in total. The molecule has 1 amide bonds. The molecule has 0 unspecified atom stereocenters. The van der Waals surface area contributed by atoms with E-state index < -0.39 is 15.7 Å². The molecule has 27 heavy (non-hydrogen) atoms. The Morgan fingerprint density at radius 1 is 1.15 bits per heavy atom. The standard InChI is InChI=1S/C21H22N2O3S/c1-13-4-2-3-5-16(13)15-10-17-19(14-6-8-27(25,26)9-7-14)12-23-20(17)18(11-15)21(22)24/h2-5,10-12,14,23H,6-9H2,1H3,(H2,22,24). The highest BCUT2D eigenvalue weighted by Gasteiger charge is 2.27. The summed E-state index contributed by atoms with van der Waals surface area (Å²) in [4.78, 5) is 15.3. The maximum atomic E-state index is 12.1. The summed E-state index contributed by atoms with van der Waals surface area (Å²) in [5.74, 6) is 0.111. The van der Waals surface area contributed by atoms with Crippen LogP contribution in [0, 0.1) is 6.92 Å². The molecule has 1 aliphatic heterocycles. The third-order valence-electron chi connectivity index (χ3n) is 5.54. The normalized spacial score (nSPS) is 17.2. The number of hydrogen-bond donors (Lipinski definition) is 2. The number of primary amides is 1. The molecule has 4 rings (SSSR count). The predicted molar refractivity (Wildman–Crippen MR) is 108 cm³/mol. The van der Waals surface area contributed by atoms with Crippen LogP contribution in [-0.4, -0.2) is 30.8 Å². The predicted octanol–water partition coefficient (Wildman–Crippen LogP) is 3.53. The molecule has 6 heteroatoms. The lowest BCUT2D eigenvalue weighted by molar-refractivity contribution is 0.100. The van der Waals surface area contributed by atoms with E-state index in [1.54, 1.807) is 0 Å². The first-order valence-electron chi connectivity index (χ1n) is 9.07. The fourth-order valence-corrected chi connectivity index (χ4v) is 5.53. The lowest BCUT2D eigenvalue weighted by Crippen LogP contribution is -2.22. The summed E-state index contributed by atoms with van der Waals surface area (Å²) in [6.07, 6.45) is 3.12. The van der Waals surface area contributed by atoms with E-state index in [9.17, 15) is 13.2 Å². The zero-order valence-corrected chi connectivity index (χ0v) is 16.0. The summed E-state index contributed by atoms with van der Waals surface area (Å²) in [6.45, 7) is 2.04. The maximum Gasteiger partial charge on any atom is 0.250 e.